The number of anilines is 2. The molecule has 0 radical (unpaired) electrons. The second-order valence-corrected chi connectivity index (χ2v) is 6.53. The summed E-state index contributed by atoms with van der Waals surface area (Å²) in [4.78, 5) is 14.3. The topological polar surface area (TPSA) is 45.5 Å². The predicted molar refractivity (Wildman–Crippen MR) is 98.1 cm³/mol. The number of nitrogens with one attached hydrogen (secondary N) is 1. The highest BCUT2D eigenvalue weighted by Gasteiger charge is 2.09. The van der Waals surface area contributed by atoms with Gasteiger partial charge in [-0.3, -0.25) is 4.79 Å². The molecule has 0 saturated carbocycles. The second-order valence-electron chi connectivity index (χ2n) is 5.55. The van der Waals surface area contributed by atoms with E-state index < -0.39 is 0 Å². The Labute approximate surface area is 142 Å². The minimum absolute atomic E-state index is 0.00510. The minimum atomic E-state index is 0.00510. The molecule has 1 aromatic heterocycles. The van der Waals surface area contributed by atoms with Crippen molar-refractivity contribution in [1.29, 1.82) is 0 Å². The molecule has 1 aromatic carbocycles. The van der Waals surface area contributed by atoms with Gasteiger partial charge in [-0.15, -0.1) is 11.8 Å². The van der Waals surface area contributed by atoms with Crippen molar-refractivity contribution < 1.29 is 9.21 Å². The molecule has 0 atom stereocenters. The van der Waals surface area contributed by atoms with Gasteiger partial charge in [0.2, 0.25) is 5.91 Å². The van der Waals surface area contributed by atoms with E-state index in [1.807, 2.05) is 24.3 Å². The highest BCUT2D eigenvalue weighted by atomic mass is 32.2. The fourth-order valence-corrected chi connectivity index (χ4v) is 3.14. The summed E-state index contributed by atoms with van der Waals surface area (Å²) >= 11 is 1.54. The zero-order valence-corrected chi connectivity index (χ0v) is 14.7. The van der Waals surface area contributed by atoms with E-state index in [0.717, 1.165) is 18.0 Å². The van der Waals surface area contributed by atoms with Crippen molar-refractivity contribution in [3.8, 4) is 0 Å². The molecule has 1 N–H and O–H groups in total. The number of nitrogens with zero attached hydrogens (tertiary/aromatic N) is 1. The van der Waals surface area contributed by atoms with Gasteiger partial charge in [-0.05, 0) is 57.2 Å². The quantitative estimate of drug-likeness (QED) is 0.779. The Morgan fingerprint density at radius 3 is 2.57 bits per heavy atom. The maximum Gasteiger partial charge on any atom is 0.234 e. The van der Waals surface area contributed by atoms with Gasteiger partial charge < -0.3 is 14.6 Å². The summed E-state index contributed by atoms with van der Waals surface area (Å²) in [5.41, 5.74) is 2.00. The minimum Gasteiger partial charge on any atom is -0.468 e. The van der Waals surface area contributed by atoms with Crippen molar-refractivity contribution in [3.05, 3.63) is 48.4 Å². The molecule has 0 spiro atoms. The van der Waals surface area contributed by atoms with Gasteiger partial charge >= 0.3 is 0 Å². The normalized spacial score (nSPS) is 10.8. The maximum atomic E-state index is 12.0. The largest absolute Gasteiger partial charge is 0.468 e. The lowest BCUT2D eigenvalue weighted by Gasteiger charge is -2.27. The van der Waals surface area contributed by atoms with Gasteiger partial charge in [-0.2, -0.15) is 0 Å². The van der Waals surface area contributed by atoms with Crippen LogP contribution in [0.2, 0.25) is 0 Å². The lowest BCUT2D eigenvalue weighted by atomic mass is 10.2. The maximum absolute atomic E-state index is 12.0. The van der Waals surface area contributed by atoms with E-state index in [2.05, 4.69) is 43.1 Å². The fraction of sp³-hybridized carbons (Fsp3) is 0.389. The lowest BCUT2D eigenvalue weighted by molar-refractivity contribution is -0.113. The number of furan rings is 1. The molecule has 5 heteroatoms. The van der Waals surface area contributed by atoms with E-state index in [-0.39, 0.29) is 5.91 Å². The molecule has 2 aromatic rings. The van der Waals surface area contributed by atoms with Crippen molar-refractivity contribution in [3.63, 3.8) is 0 Å². The van der Waals surface area contributed by atoms with E-state index in [0.29, 0.717) is 17.5 Å². The predicted octanol–water partition coefficient (Wildman–Crippen LogP) is 4.39. The van der Waals surface area contributed by atoms with Crippen LogP contribution in [0.4, 0.5) is 11.4 Å². The van der Waals surface area contributed by atoms with Crippen LogP contribution < -0.4 is 10.2 Å². The van der Waals surface area contributed by atoms with Crippen LogP contribution in [-0.2, 0) is 10.5 Å². The molecule has 0 unspecified atom stereocenters. The first-order valence-corrected chi connectivity index (χ1v) is 9.02. The van der Waals surface area contributed by atoms with Gasteiger partial charge in [0, 0.05) is 24.0 Å². The van der Waals surface area contributed by atoms with Crippen LogP contribution in [0.15, 0.2) is 47.1 Å². The number of hydrogen-bond acceptors (Lipinski definition) is 4. The first-order valence-electron chi connectivity index (χ1n) is 7.86. The van der Waals surface area contributed by atoms with Gasteiger partial charge in [0.15, 0.2) is 0 Å². The third-order valence-electron chi connectivity index (χ3n) is 3.50. The SMILES string of the molecule is CCN(c1ccc(NC(=O)CSCc2ccco2)cc1)C(C)C. The zero-order chi connectivity index (χ0) is 16.7. The number of thioether (sulfide) groups is 1. The fourth-order valence-electron chi connectivity index (χ4n) is 2.42. The van der Waals surface area contributed by atoms with Crippen LogP contribution in [0, 0.1) is 0 Å². The average Bonchev–Trinajstić information content (AvgIpc) is 3.02. The third-order valence-corrected chi connectivity index (χ3v) is 4.46. The summed E-state index contributed by atoms with van der Waals surface area (Å²) in [6, 6.07) is 12.2. The molecule has 2 rings (SSSR count). The number of benzene rings is 1. The van der Waals surface area contributed by atoms with Crippen molar-refractivity contribution in [1.82, 2.24) is 0 Å². The summed E-state index contributed by atoms with van der Waals surface area (Å²) < 4.78 is 5.24. The van der Waals surface area contributed by atoms with Crippen LogP contribution in [0.5, 0.6) is 0 Å². The summed E-state index contributed by atoms with van der Waals surface area (Å²) in [7, 11) is 0. The molecule has 124 valence electrons. The van der Waals surface area contributed by atoms with Crippen molar-refractivity contribution in [2.45, 2.75) is 32.6 Å². The molecule has 4 nitrogen and oxygen atoms in total. The smallest absolute Gasteiger partial charge is 0.234 e. The molecular formula is C18H24N2O2S. The molecule has 0 aliphatic heterocycles. The van der Waals surface area contributed by atoms with Crippen molar-refractivity contribution >= 4 is 29.0 Å². The first kappa shape index (κ1) is 17.5. The van der Waals surface area contributed by atoms with E-state index in [9.17, 15) is 4.79 Å². The molecule has 1 heterocycles. The monoisotopic (exact) mass is 332 g/mol. The highest BCUT2D eigenvalue weighted by molar-refractivity contribution is 7.99. The Morgan fingerprint density at radius 2 is 2.00 bits per heavy atom. The Bertz CT molecular complexity index is 594. The second kappa shape index (κ2) is 8.67. The molecule has 0 aliphatic rings. The van der Waals surface area contributed by atoms with Crippen molar-refractivity contribution in [2.75, 3.05) is 22.5 Å². The Morgan fingerprint density at radius 1 is 1.26 bits per heavy atom. The summed E-state index contributed by atoms with van der Waals surface area (Å²) in [5, 5.41) is 2.93. The number of hydrogen-bond donors (Lipinski definition) is 1. The van der Waals surface area contributed by atoms with Gasteiger partial charge in [0.25, 0.3) is 0 Å². The van der Waals surface area contributed by atoms with Gasteiger partial charge in [0.05, 0.1) is 17.8 Å². The van der Waals surface area contributed by atoms with E-state index in [1.54, 1.807) is 6.26 Å². The molecule has 0 fully saturated rings. The molecule has 0 aliphatic carbocycles. The Kier molecular flexibility index (Phi) is 6.59. The Balaban J connectivity index is 1.81. The van der Waals surface area contributed by atoms with Crippen molar-refractivity contribution in [2.24, 2.45) is 0 Å². The van der Waals surface area contributed by atoms with Crippen LogP contribution >= 0.6 is 11.8 Å². The Hall–Kier alpha value is -1.88. The van der Waals surface area contributed by atoms with E-state index in [4.69, 9.17) is 4.42 Å². The number of carbonyl (C=O) groups is 1. The molecular weight excluding hydrogens is 308 g/mol. The molecule has 1 amide bonds. The number of amides is 1. The highest BCUT2D eigenvalue weighted by Crippen LogP contribution is 2.20. The summed E-state index contributed by atoms with van der Waals surface area (Å²) in [6.45, 7) is 7.46. The summed E-state index contributed by atoms with van der Waals surface area (Å²) in [6.07, 6.45) is 1.65. The van der Waals surface area contributed by atoms with Crippen LogP contribution in [0.1, 0.15) is 26.5 Å². The summed E-state index contributed by atoms with van der Waals surface area (Å²) in [5.74, 6) is 2.01. The van der Waals surface area contributed by atoms with E-state index >= 15 is 0 Å². The number of rotatable bonds is 8. The zero-order valence-electron chi connectivity index (χ0n) is 13.9. The lowest BCUT2D eigenvalue weighted by Crippen LogP contribution is -2.30. The van der Waals surface area contributed by atoms with E-state index in [1.165, 1.54) is 17.4 Å². The van der Waals surface area contributed by atoms with Crippen LogP contribution in [0.25, 0.3) is 0 Å². The van der Waals surface area contributed by atoms with Gasteiger partial charge in [-0.1, -0.05) is 0 Å². The van der Waals surface area contributed by atoms with Crippen LogP contribution in [0.3, 0.4) is 0 Å². The number of carbonyl (C=O) groups excluding carboxylic acids is 1. The molecule has 0 bridgehead atoms. The van der Waals surface area contributed by atoms with Crippen LogP contribution in [-0.4, -0.2) is 24.2 Å². The standard InChI is InChI=1S/C18H24N2O2S/c1-4-20(14(2)3)16-9-7-15(8-10-16)19-18(21)13-23-12-17-6-5-11-22-17/h5-11,14H,4,12-13H2,1-3H3,(H,19,21). The molecule has 23 heavy (non-hydrogen) atoms. The average molecular weight is 332 g/mol. The van der Waals surface area contributed by atoms with Gasteiger partial charge in [-0.25, -0.2) is 0 Å². The van der Waals surface area contributed by atoms with Gasteiger partial charge in [0.1, 0.15) is 5.76 Å². The molecule has 0 saturated heterocycles. The third kappa shape index (κ3) is 5.36. The first-order chi connectivity index (χ1) is 11.1.